The number of sulfonamides is 1. The second kappa shape index (κ2) is 7.23. The van der Waals surface area contributed by atoms with E-state index in [1.807, 2.05) is 0 Å². The maximum Gasteiger partial charge on any atom is 0.293 e. The molecule has 0 saturated carbocycles. The van der Waals surface area contributed by atoms with Gasteiger partial charge in [-0.1, -0.05) is 0 Å². The summed E-state index contributed by atoms with van der Waals surface area (Å²) in [4.78, 5) is 14.4. The Balaban J connectivity index is 2.28. The van der Waals surface area contributed by atoms with Gasteiger partial charge in [-0.3, -0.25) is 10.1 Å². The number of ether oxygens (including phenoxy) is 1. The molecule has 0 saturated heterocycles. The molecule has 1 aromatic carbocycles. The minimum Gasteiger partial charge on any atom is -0.481 e. The van der Waals surface area contributed by atoms with Gasteiger partial charge in [-0.05, 0) is 30.8 Å². The summed E-state index contributed by atoms with van der Waals surface area (Å²) in [5.74, 6) is 0.430. The molecule has 24 heavy (non-hydrogen) atoms. The van der Waals surface area contributed by atoms with Crippen molar-refractivity contribution < 1.29 is 18.1 Å². The van der Waals surface area contributed by atoms with Crippen molar-refractivity contribution in [1.82, 2.24) is 9.71 Å². The van der Waals surface area contributed by atoms with Gasteiger partial charge >= 0.3 is 0 Å². The number of benzene rings is 1. The number of pyridine rings is 1. The first-order valence-electron chi connectivity index (χ1n) is 6.82. The molecule has 0 bridgehead atoms. The second-order valence-electron chi connectivity index (χ2n) is 4.70. The van der Waals surface area contributed by atoms with Crippen LogP contribution in [0.4, 0.5) is 11.4 Å². The summed E-state index contributed by atoms with van der Waals surface area (Å²) >= 11 is 0. The van der Waals surface area contributed by atoms with Crippen molar-refractivity contribution in [2.75, 3.05) is 19.5 Å². The Morgan fingerprint density at radius 2 is 2.04 bits per heavy atom. The molecule has 2 aromatic rings. The number of hydrogen-bond acceptors (Lipinski definition) is 7. The molecule has 0 unspecified atom stereocenters. The van der Waals surface area contributed by atoms with E-state index in [0.717, 1.165) is 11.6 Å². The summed E-state index contributed by atoms with van der Waals surface area (Å²) in [6, 6.07) is 7.11. The van der Waals surface area contributed by atoms with Crippen LogP contribution in [0, 0.1) is 10.1 Å². The van der Waals surface area contributed by atoms with Gasteiger partial charge in [-0.15, -0.1) is 0 Å². The molecule has 2 N–H and O–H groups in total. The third-order valence-corrected chi connectivity index (χ3v) is 4.65. The maximum atomic E-state index is 11.8. The van der Waals surface area contributed by atoms with Gasteiger partial charge in [0.25, 0.3) is 5.69 Å². The standard InChI is InChI=1S/C14H16N4O5S/c1-15-24(21,22)11-3-4-12(13(8-11)18(19)20)17-9-10-5-6-16-14(7-10)23-2/h3-8,15,17H,9H2,1-2H3. The number of aromatic nitrogens is 1. The van der Waals surface area contributed by atoms with Crippen molar-refractivity contribution >= 4 is 21.4 Å². The minimum atomic E-state index is -3.75. The number of nitrogens with zero attached hydrogens (tertiary/aromatic N) is 2. The second-order valence-corrected chi connectivity index (χ2v) is 6.59. The lowest BCUT2D eigenvalue weighted by Gasteiger charge is -2.09. The SMILES string of the molecule is CNS(=O)(=O)c1ccc(NCc2ccnc(OC)c2)c([N+](=O)[O-])c1. The Morgan fingerprint density at radius 3 is 2.67 bits per heavy atom. The van der Waals surface area contributed by atoms with Gasteiger partial charge < -0.3 is 10.1 Å². The fraction of sp³-hybridized carbons (Fsp3) is 0.214. The Morgan fingerprint density at radius 1 is 1.29 bits per heavy atom. The summed E-state index contributed by atoms with van der Waals surface area (Å²) in [5.41, 5.74) is 0.696. The predicted octanol–water partition coefficient (Wildman–Crippen LogP) is 1.52. The number of anilines is 1. The summed E-state index contributed by atoms with van der Waals surface area (Å²) in [6.07, 6.45) is 1.56. The van der Waals surface area contributed by atoms with E-state index in [2.05, 4.69) is 15.0 Å². The van der Waals surface area contributed by atoms with E-state index < -0.39 is 14.9 Å². The van der Waals surface area contributed by atoms with Crippen LogP contribution in [-0.4, -0.2) is 32.5 Å². The zero-order valence-corrected chi connectivity index (χ0v) is 13.8. The zero-order valence-electron chi connectivity index (χ0n) is 13.0. The highest BCUT2D eigenvalue weighted by Crippen LogP contribution is 2.28. The molecule has 1 heterocycles. The van der Waals surface area contributed by atoms with Crippen molar-refractivity contribution in [2.24, 2.45) is 0 Å². The lowest BCUT2D eigenvalue weighted by molar-refractivity contribution is -0.384. The van der Waals surface area contributed by atoms with E-state index in [-0.39, 0.29) is 22.8 Å². The van der Waals surface area contributed by atoms with Gasteiger partial charge in [-0.25, -0.2) is 18.1 Å². The lowest BCUT2D eigenvalue weighted by Crippen LogP contribution is -2.18. The highest BCUT2D eigenvalue weighted by atomic mass is 32.2. The van der Waals surface area contributed by atoms with Gasteiger partial charge in [0.05, 0.1) is 16.9 Å². The van der Waals surface area contributed by atoms with Crippen LogP contribution < -0.4 is 14.8 Å². The van der Waals surface area contributed by atoms with Crippen LogP contribution in [0.2, 0.25) is 0 Å². The van der Waals surface area contributed by atoms with E-state index >= 15 is 0 Å². The molecule has 0 atom stereocenters. The fourth-order valence-corrected chi connectivity index (χ4v) is 2.72. The average molecular weight is 352 g/mol. The summed E-state index contributed by atoms with van der Waals surface area (Å²) in [5, 5.41) is 14.1. The normalized spacial score (nSPS) is 11.1. The highest BCUT2D eigenvalue weighted by Gasteiger charge is 2.20. The van der Waals surface area contributed by atoms with Crippen LogP contribution in [-0.2, 0) is 16.6 Å². The van der Waals surface area contributed by atoms with Crippen molar-refractivity contribution in [3.05, 3.63) is 52.2 Å². The van der Waals surface area contributed by atoms with E-state index in [1.165, 1.54) is 26.3 Å². The van der Waals surface area contributed by atoms with Crippen LogP contribution in [0.1, 0.15) is 5.56 Å². The van der Waals surface area contributed by atoms with Gasteiger partial charge in [0, 0.05) is 24.9 Å². The summed E-state index contributed by atoms with van der Waals surface area (Å²) < 4.78 is 30.7. The van der Waals surface area contributed by atoms with Gasteiger partial charge in [-0.2, -0.15) is 0 Å². The van der Waals surface area contributed by atoms with E-state index in [9.17, 15) is 18.5 Å². The smallest absolute Gasteiger partial charge is 0.293 e. The molecule has 0 spiro atoms. The molecule has 10 heteroatoms. The van der Waals surface area contributed by atoms with Crippen molar-refractivity contribution in [3.63, 3.8) is 0 Å². The van der Waals surface area contributed by atoms with Crippen molar-refractivity contribution in [1.29, 1.82) is 0 Å². The quantitative estimate of drug-likeness (QED) is 0.572. The van der Waals surface area contributed by atoms with Crippen LogP contribution in [0.3, 0.4) is 0 Å². The van der Waals surface area contributed by atoms with Crippen molar-refractivity contribution in [2.45, 2.75) is 11.4 Å². The molecule has 1 aromatic heterocycles. The Kier molecular flexibility index (Phi) is 5.31. The Hall–Kier alpha value is -2.72. The zero-order chi connectivity index (χ0) is 17.7. The van der Waals surface area contributed by atoms with E-state index in [1.54, 1.807) is 18.3 Å². The lowest BCUT2D eigenvalue weighted by atomic mass is 10.2. The molecule has 2 rings (SSSR count). The van der Waals surface area contributed by atoms with Gasteiger partial charge in [0.1, 0.15) is 5.69 Å². The van der Waals surface area contributed by atoms with Gasteiger partial charge in [0.15, 0.2) is 0 Å². The number of hydrogen-bond donors (Lipinski definition) is 2. The fourth-order valence-electron chi connectivity index (χ4n) is 1.97. The monoisotopic (exact) mass is 352 g/mol. The minimum absolute atomic E-state index is 0.173. The average Bonchev–Trinajstić information content (AvgIpc) is 2.59. The van der Waals surface area contributed by atoms with Crippen LogP contribution >= 0.6 is 0 Å². The van der Waals surface area contributed by atoms with Crippen molar-refractivity contribution in [3.8, 4) is 5.88 Å². The molecule has 0 radical (unpaired) electrons. The molecular formula is C14H16N4O5S. The highest BCUT2D eigenvalue weighted by molar-refractivity contribution is 7.89. The number of rotatable bonds is 7. The number of nitro benzene ring substituents is 1. The number of nitro groups is 1. The van der Waals surface area contributed by atoms with E-state index in [0.29, 0.717) is 5.88 Å². The molecule has 0 aliphatic heterocycles. The summed E-state index contributed by atoms with van der Waals surface area (Å²) in [7, 11) is -1.02. The molecule has 0 amide bonds. The Bertz CT molecular complexity index is 854. The number of nitrogens with one attached hydrogen (secondary N) is 2. The molecule has 0 aliphatic rings. The molecular weight excluding hydrogens is 336 g/mol. The van der Waals surface area contributed by atoms with Gasteiger partial charge in [0.2, 0.25) is 15.9 Å². The molecule has 0 fully saturated rings. The van der Waals surface area contributed by atoms with Crippen LogP contribution in [0.15, 0.2) is 41.4 Å². The molecule has 9 nitrogen and oxygen atoms in total. The van der Waals surface area contributed by atoms with E-state index in [4.69, 9.17) is 4.74 Å². The van der Waals surface area contributed by atoms with Crippen LogP contribution in [0.25, 0.3) is 0 Å². The molecule has 128 valence electrons. The summed E-state index contributed by atoms with van der Waals surface area (Å²) in [6.45, 7) is 0.290. The first kappa shape index (κ1) is 17.6. The third kappa shape index (κ3) is 3.97. The Labute approximate surface area is 138 Å². The first-order chi connectivity index (χ1) is 11.4. The third-order valence-electron chi connectivity index (χ3n) is 3.24. The largest absolute Gasteiger partial charge is 0.481 e. The topological polar surface area (TPSA) is 123 Å². The molecule has 0 aliphatic carbocycles. The number of methoxy groups -OCH3 is 1. The van der Waals surface area contributed by atoms with Crippen LogP contribution in [0.5, 0.6) is 5.88 Å². The first-order valence-corrected chi connectivity index (χ1v) is 8.30. The predicted molar refractivity (Wildman–Crippen MR) is 87.5 cm³/mol. The maximum absolute atomic E-state index is 11.8.